The molecule has 4 aromatic rings. The molecule has 5 rings (SSSR count). The molecule has 0 saturated carbocycles. The summed E-state index contributed by atoms with van der Waals surface area (Å²) >= 11 is 1.73. The number of anilines is 1. The molecular weight excluding hydrogens is 420 g/mol. The average Bonchev–Trinajstić information content (AvgIpc) is 3.53. The van der Waals surface area contributed by atoms with Crippen LogP contribution < -0.4 is 9.64 Å². The monoisotopic (exact) mass is 446 g/mol. The number of piperazine rings is 1. The van der Waals surface area contributed by atoms with Gasteiger partial charge in [-0.2, -0.15) is 0 Å². The Kier molecular flexibility index (Phi) is 6.13. The summed E-state index contributed by atoms with van der Waals surface area (Å²) in [6.45, 7) is 4.39. The van der Waals surface area contributed by atoms with Gasteiger partial charge in [0.05, 0.1) is 19.7 Å². The number of nitrogens with zero attached hydrogens (tertiary/aromatic N) is 6. The number of benzene rings is 2. The molecule has 1 aliphatic heterocycles. The Labute approximate surface area is 191 Å². The predicted molar refractivity (Wildman–Crippen MR) is 126 cm³/mol. The first-order chi connectivity index (χ1) is 15.8. The first kappa shape index (κ1) is 20.7. The Morgan fingerprint density at radius 2 is 1.81 bits per heavy atom. The lowest BCUT2D eigenvalue weighted by Gasteiger charge is -2.40. The number of methoxy groups -OCH3 is 1. The van der Waals surface area contributed by atoms with Crippen molar-refractivity contribution in [1.29, 1.82) is 0 Å². The number of tetrazole rings is 1. The van der Waals surface area contributed by atoms with Crippen LogP contribution in [-0.2, 0) is 6.54 Å². The second kappa shape index (κ2) is 9.50. The zero-order chi connectivity index (χ0) is 21.8. The summed E-state index contributed by atoms with van der Waals surface area (Å²) in [5, 5.41) is 14.9. The van der Waals surface area contributed by atoms with Gasteiger partial charge in [-0.05, 0) is 39.6 Å². The van der Waals surface area contributed by atoms with Gasteiger partial charge in [0.25, 0.3) is 0 Å². The number of hydrogen-bond acceptors (Lipinski definition) is 7. The summed E-state index contributed by atoms with van der Waals surface area (Å²) in [7, 11) is 1.71. The zero-order valence-electron chi connectivity index (χ0n) is 18.0. The Morgan fingerprint density at radius 3 is 2.56 bits per heavy atom. The van der Waals surface area contributed by atoms with Gasteiger partial charge in [0.1, 0.15) is 5.75 Å². The molecule has 0 amide bonds. The van der Waals surface area contributed by atoms with Crippen LogP contribution in [0.4, 0.5) is 5.69 Å². The van der Waals surface area contributed by atoms with Crippen molar-refractivity contribution in [3.05, 3.63) is 88.4 Å². The van der Waals surface area contributed by atoms with Crippen molar-refractivity contribution in [3.8, 4) is 5.75 Å². The van der Waals surface area contributed by atoms with E-state index >= 15 is 0 Å². The molecule has 1 atom stereocenters. The van der Waals surface area contributed by atoms with Gasteiger partial charge in [-0.3, -0.25) is 4.90 Å². The van der Waals surface area contributed by atoms with Crippen LogP contribution in [0.3, 0.4) is 0 Å². The molecule has 3 heterocycles. The normalized spacial score (nSPS) is 15.6. The Hall–Kier alpha value is -3.23. The van der Waals surface area contributed by atoms with E-state index in [1.54, 1.807) is 18.4 Å². The molecule has 7 nitrogen and oxygen atoms in total. The van der Waals surface area contributed by atoms with Gasteiger partial charge in [0.2, 0.25) is 0 Å². The minimum Gasteiger partial charge on any atom is -0.497 e. The van der Waals surface area contributed by atoms with Crippen LogP contribution in [0.1, 0.15) is 22.3 Å². The molecule has 164 valence electrons. The maximum absolute atomic E-state index is 5.41. The van der Waals surface area contributed by atoms with Crippen molar-refractivity contribution in [2.24, 2.45) is 0 Å². The fourth-order valence-electron chi connectivity index (χ4n) is 4.27. The van der Waals surface area contributed by atoms with Gasteiger partial charge >= 0.3 is 0 Å². The van der Waals surface area contributed by atoms with E-state index in [1.807, 2.05) is 16.8 Å². The average molecular weight is 447 g/mol. The lowest BCUT2D eigenvalue weighted by atomic mass is 10.0. The molecule has 0 radical (unpaired) electrons. The van der Waals surface area contributed by atoms with Gasteiger partial charge in [0.15, 0.2) is 5.82 Å². The molecule has 0 spiro atoms. The van der Waals surface area contributed by atoms with E-state index < -0.39 is 0 Å². The fourth-order valence-corrected chi connectivity index (χ4v) is 4.96. The molecule has 8 heteroatoms. The SMILES string of the molecule is COc1cccc(N2CCN(C(c3ccccc3)c3nnnn3Cc3cccs3)CC2)c1. The topological polar surface area (TPSA) is 59.3 Å². The van der Waals surface area contributed by atoms with E-state index in [-0.39, 0.29) is 6.04 Å². The quantitative estimate of drug-likeness (QED) is 0.431. The van der Waals surface area contributed by atoms with Crippen LogP contribution in [0.5, 0.6) is 5.75 Å². The minimum absolute atomic E-state index is 0.0126. The first-order valence-electron chi connectivity index (χ1n) is 10.8. The van der Waals surface area contributed by atoms with E-state index in [1.165, 1.54) is 16.1 Å². The molecule has 1 fully saturated rings. The standard InChI is InChI=1S/C24H26N6OS/c1-31-21-10-5-9-20(17-21)28-12-14-29(15-13-28)23(19-7-3-2-4-8-19)24-25-26-27-30(24)18-22-11-6-16-32-22/h2-11,16-17,23H,12-15,18H2,1H3. The highest BCUT2D eigenvalue weighted by molar-refractivity contribution is 7.09. The first-order valence-corrected chi connectivity index (χ1v) is 11.7. The number of ether oxygens (including phenoxy) is 1. The second-order valence-corrected chi connectivity index (χ2v) is 8.84. The number of aromatic nitrogens is 4. The largest absolute Gasteiger partial charge is 0.497 e. The highest BCUT2D eigenvalue weighted by atomic mass is 32.1. The maximum Gasteiger partial charge on any atom is 0.173 e. The van der Waals surface area contributed by atoms with Crippen molar-refractivity contribution < 1.29 is 4.74 Å². The molecule has 1 saturated heterocycles. The van der Waals surface area contributed by atoms with Gasteiger partial charge in [-0.1, -0.05) is 42.5 Å². The fraction of sp³-hybridized carbons (Fsp3) is 0.292. The predicted octanol–water partition coefficient (Wildman–Crippen LogP) is 3.70. The Balaban J connectivity index is 1.39. The molecular formula is C24H26N6OS. The number of rotatable bonds is 7. The van der Waals surface area contributed by atoms with Crippen molar-refractivity contribution in [2.75, 3.05) is 38.2 Å². The lowest BCUT2D eigenvalue weighted by Crippen LogP contribution is -2.48. The molecule has 0 N–H and O–H groups in total. The van der Waals surface area contributed by atoms with Crippen LogP contribution in [-0.4, -0.2) is 58.4 Å². The highest BCUT2D eigenvalue weighted by Gasteiger charge is 2.30. The highest BCUT2D eigenvalue weighted by Crippen LogP contribution is 2.30. The molecule has 0 bridgehead atoms. The van der Waals surface area contributed by atoms with E-state index in [2.05, 4.69) is 85.3 Å². The summed E-state index contributed by atoms with van der Waals surface area (Å²) in [4.78, 5) is 6.14. The van der Waals surface area contributed by atoms with Gasteiger partial charge in [-0.15, -0.1) is 16.4 Å². The van der Waals surface area contributed by atoms with Gasteiger partial charge < -0.3 is 9.64 Å². The minimum atomic E-state index is 0.0126. The van der Waals surface area contributed by atoms with Crippen molar-refractivity contribution in [2.45, 2.75) is 12.6 Å². The molecule has 2 aromatic heterocycles. The molecule has 1 unspecified atom stereocenters. The number of hydrogen-bond donors (Lipinski definition) is 0. The lowest BCUT2D eigenvalue weighted by molar-refractivity contribution is 0.201. The Morgan fingerprint density at radius 1 is 0.969 bits per heavy atom. The van der Waals surface area contributed by atoms with Crippen LogP contribution in [0.25, 0.3) is 0 Å². The zero-order valence-corrected chi connectivity index (χ0v) is 18.9. The smallest absolute Gasteiger partial charge is 0.173 e. The van der Waals surface area contributed by atoms with Crippen LogP contribution >= 0.6 is 11.3 Å². The van der Waals surface area contributed by atoms with Crippen molar-refractivity contribution in [3.63, 3.8) is 0 Å². The second-order valence-electron chi connectivity index (χ2n) is 7.81. The van der Waals surface area contributed by atoms with Gasteiger partial charge in [0, 0.05) is 42.8 Å². The molecule has 32 heavy (non-hydrogen) atoms. The molecule has 1 aliphatic rings. The summed E-state index contributed by atoms with van der Waals surface area (Å²) in [6.07, 6.45) is 0. The van der Waals surface area contributed by atoms with E-state index in [0.29, 0.717) is 6.54 Å². The van der Waals surface area contributed by atoms with E-state index in [4.69, 9.17) is 4.74 Å². The van der Waals surface area contributed by atoms with Gasteiger partial charge in [-0.25, -0.2) is 4.68 Å². The maximum atomic E-state index is 5.41. The third-order valence-electron chi connectivity index (χ3n) is 5.90. The van der Waals surface area contributed by atoms with Crippen LogP contribution in [0.2, 0.25) is 0 Å². The Bertz CT molecular complexity index is 1120. The molecule has 0 aliphatic carbocycles. The van der Waals surface area contributed by atoms with Crippen LogP contribution in [0, 0.1) is 0 Å². The third-order valence-corrected chi connectivity index (χ3v) is 6.76. The molecule has 2 aromatic carbocycles. The summed E-state index contributed by atoms with van der Waals surface area (Å²) in [5.74, 6) is 1.78. The third kappa shape index (κ3) is 4.37. The summed E-state index contributed by atoms with van der Waals surface area (Å²) in [6, 6.07) is 23.0. The van der Waals surface area contributed by atoms with Crippen molar-refractivity contribution in [1.82, 2.24) is 25.1 Å². The summed E-state index contributed by atoms with van der Waals surface area (Å²) < 4.78 is 7.35. The summed E-state index contributed by atoms with van der Waals surface area (Å²) in [5.41, 5.74) is 2.41. The van der Waals surface area contributed by atoms with E-state index in [0.717, 1.165) is 37.8 Å². The number of thiophene rings is 1. The van der Waals surface area contributed by atoms with Crippen molar-refractivity contribution >= 4 is 17.0 Å². The van der Waals surface area contributed by atoms with E-state index in [9.17, 15) is 0 Å². The van der Waals surface area contributed by atoms with Crippen LogP contribution in [0.15, 0.2) is 72.1 Å².